The molecular formula is C16H20F4O2. The van der Waals surface area contributed by atoms with Crippen molar-refractivity contribution in [2.75, 3.05) is 13.3 Å². The lowest BCUT2D eigenvalue weighted by atomic mass is 10.1. The third-order valence-corrected chi connectivity index (χ3v) is 3.05. The fraction of sp³-hybridized carbons (Fsp3) is 0.500. The Labute approximate surface area is 127 Å². The molecule has 0 heterocycles. The lowest BCUT2D eigenvalue weighted by Crippen LogP contribution is -2.42. The fourth-order valence-electron chi connectivity index (χ4n) is 1.61. The first-order valence-electron chi connectivity index (χ1n) is 6.98. The molecule has 22 heavy (non-hydrogen) atoms. The van der Waals surface area contributed by atoms with Gasteiger partial charge in [-0.3, -0.25) is 0 Å². The molecule has 0 radical (unpaired) electrons. The van der Waals surface area contributed by atoms with Crippen molar-refractivity contribution in [3.05, 3.63) is 36.2 Å². The number of ether oxygens (including phenoxy) is 2. The predicted molar refractivity (Wildman–Crippen MR) is 77.3 cm³/mol. The van der Waals surface area contributed by atoms with Crippen LogP contribution in [0.15, 0.2) is 24.8 Å². The van der Waals surface area contributed by atoms with E-state index >= 15 is 0 Å². The zero-order valence-electron chi connectivity index (χ0n) is 12.7. The smallest absolute Gasteiger partial charge is 0.279 e. The summed E-state index contributed by atoms with van der Waals surface area (Å²) in [6.07, 6.45) is -1.31. The van der Waals surface area contributed by atoms with Crippen LogP contribution in [-0.4, -0.2) is 25.3 Å². The molecule has 1 unspecified atom stereocenters. The minimum absolute atomic E-state index is 0.198. The molecule has 0 N–H and O–H groups in total. The molecule has 1 aromatic rings. The summed E-state index contributed by atoms with van der Waals surface area (Å²) < 4.78 is 62.4. The minimum Gasteiger partial charge on any atom is -0.494 e. The monoisotopic (exact) mass is 320 g/mol. The topological polar surface area (TPSA) is 18.5 Å². The third kappa shape index (κ3) is 4.93. The van der Waals surface area contributed by atoms with E-state index in [0.717, 1.165) is 31.9 Å². The van der Waals surface area contributed by atoms with E-state index < -0.39 is 24.5 Å². The molecule has 124 valence electrons. The zero-order chi connectivity index (χ0) is 16.8. The molecule has 1 rings (SSSR count). The highest BCUT2D eigenvalue weighted by Crippen LogP contribution is 2.28. The normalized spacial score (nSPS) is 13.8. The van der Waals surface area contributed by atoms with Gasteiger partial charge in [0.05, 0.1) is 6.61 Å². The minimum atomic E-state index is -3.05. The Hall–Kier alpha value is -1.72. The van der Waals surface area contributed by atoms with E-state index in [9.17, 15) is 17.6 Å². The molecule has 0 amide bonds. The van der Waals surface area contributed by atoms with E-state index in [1.807, 2.05) is 6.92 Å². The van der Waals surface area contributed by atoms with Crippen LogP contribution in [0.5, 0.6) is 5.75 Å². The second-order valence-corrected chi connectivity index (χ2v) is 5.15. The van der Waals surface area contributed by atoms with Crippen molar-refractivity contribution in [3.63, 3.8) is 0 Å². The van der Waals surface area contributed by atoms with Gasteiger partial charge >= 0.3 is 0 Å². The number of benzene rings is 1. The highest BCUT2D eigenvalue weighted by Gasteiger charge is 2.38. The lowest BCUT2D eigenvalue weighted by Gasteiger charge is -2.27. The second-order valence-electron chi connectivity index (χ2n) is 5.15. The average Bonchev–Trinajstić information content (AvgIpc) is 2.46. The van der Waals surface area contributed by atoms with Gasteiger partial charge in [0, 0.05) is 11.6 Å². The third-order valence-electron chi connectivity index (χ3n) is 3.05. The van der Waals surface area contributed by atoms with E-state index in [0.29, 0.717) is 6.61 Å². The van der Waals surface area contributed by atoms with Crippen LogP contribution in [0.3, 0.4) is 0 Å². The molecule has 1 aromatic carbocycles. The quantitative estimate of drug-likeness (QED) is 0.363. The molecular weight excluding hydrogens is 300 g/mol. The molecule has 2 nitrogen and oxygen atoms in total. The summed E-state index contributed by atoms with van der Waals surface area (Å²) in [5.74, 6) is -0.698. The maximum absolute atomic E-state index is 13.6. The van der Waals surface area contributed by atoms with Gasteiger partial charge in [-0.1, -0.05) is 19.9 Å². The number of rotatable bonds is 9. The van der Waals surface area contributed by atoms with E-state index in [-0.39, 0.29) is 17.1 Å². The van der Waals surface area contributed by atoms with Gasteiger partial charge in [0.25, 0.3) is 6.43 Å². The van der Waals surface area contributed by atoms with Gasteiger partial charge in [-0.05, 0) is 25.5 Å². The van der Waals surface area contributed by atoms with E-state index in [1.165, 1.54) is 6.07 Å². The second kappa shape index (κ2) is 8.06. The summed E-state index contributed by atoms with van der Waals surface area (Å²) in [4.78, 5) is 0. The van der Waals surface area contributed by atoms with E-state index in [1.54, 1.807) is 0 Å². The summed E-state index contributed by atoms with van der Waals surface area (Å²) in [7, 11) is 0. The van der Waals surface area contributed by atoms with Crippen LogP contribution < -0.4 is 4.74 Å². The maximum atomic E-state index is 13.6. The number of halogens is 4. The van der Waals surface area contributed by atoms with Crippen LogP contribution >= 0.6 is 0 Å². The first-order chi connectivity index (χ1) is 10.3. The Balaban J connectivity index is 2.92. The molecule has 0 saturated heterocycles. The van der Waals surface area contributed by atoms with Gasteiger partial charge in [-0.15, -0.1) is 0 Å². The molecule has 1 atom stereocenters. The predicted octanol–water partition coefficient (Wildman–Crippen LogP) is 4.99. The summed E-state index contributed by atoms with van der Waals surface area (Å²) in [6, 6.07) is 3.36. The van der Waals surface area contributed by atoms with Gasteiger partial charge in [0.1, 0.15) is 24.0 Å². The van der Waals surface area contributed by atoms with Crippen molar-refractivity contribution in [3.8, 4) is 5.75 Å². The maximum Gasteiger partial charge on any atom is 0.279 e. The van der Waals surface area contributed by atoms with Crippen LogP contribution in [-0.2, 0) is 4.74 Å². The van der Waals surface area contributed by atoms with Crippen molar-refractivity contribution in [2.45, 2.75) is 38.7 Å². The zero-order valence-corrected chi connectivity index (χ0v) is 12.7. The molecule has 0 aliphatic heterocycles. The largest absolute Gasteiger partial charge is 0.494 e. The average molecular weight is 320 g/mol. The standard InChI is InChI=1S/C16H20F4O2/c1-4-5-6-21-11(2)12-7-13(18)9-14(8-12)22-16(3,10-17)15(19)20/h7-9,15H,2,4-6,10H2,1,3H3. The molecule has 6 heteroatoms. The highest BCUT2D eigenvalue weighted by molar-refractivity contribution is 5.59. The first kappa shape index (κ1) is 18.3. The molecule has 0 spiro atoms. The molecule has 0 aliphatic carbocycles. The van der Waals surface area contributed by atoms with Crippen molar-refractivity contribution in [1.82, 2.24) is 0 Å². The van der Waals surface area contributed by atoms with Crippen LogP contribution in [0, 0.1) is 5.82 Å². The Morgan fingerprint density at radius 3 is 2.55 bits per heavy atom. The van der Waals surface area contributed by atoms with E-state index in [4.69, 9.17) is 9.47 Å². The van der Waals surface area contributed by atoms with Crippen molar-refractivity contribution < 1.29 is 27.0 Å². The molecule has 0 aromatic heterocycles. The molecule has 0 fully saturated rings. The van der Waals surface area contributed by atoms with Crippen molar-refractivity contribution >= 4 is 5.76 Å². The van der Waals surface area contributed by atoms with Crippen LogP contribution in [0.25, 0.3) is 5.76 Å². The Morgan fingerprint density at radius 2 is 2.00 bits per heavy atom. The van der Waals surface area contributed by atoms with Crippen LogP contribution in [0.2, 0.25) is 0 Å². The molecule has 0 aliphatic rings. The molecule has 0 bridgehead atoms. The summed E-state index contributed by atoms with van der Waals surface area (Å²) >= 11 is 0. The highest BCUT2D eigenvalue weighted by atomic mass is 19.3. The van der Waals surface area contributed by atoms with Crippen molar-refractivity contribution in [2.24, 2.45) is 0 Å². The summed E-state index contributed by atoms with van der Waals surface area (Å²) in [6.45, 7) is 5.60. The Bertz CT molecular complexity index is 505. The molecule has 0 saturated carbocycles. The van der Waals surface area contributed by atoms with Gasteiger partial charge in [-0.25, -0.2) is 17.6 Å². The van der Waals surface area contributed by atoms with Gasteiger partial charge in [0.2, 0.25) is 0 Å². The van der Waals surface area contributed by atoms with Gasteiger partial charge in [-0.2, -0.15) is 0 Å². The number of alkyl halides is 3. The number of hydrogen-bond acceptors (Lipinski definition) is 2. The van der Waals surface area contributed by atoms with Crippen LogP contribution in [0.4, 0.5) is 17.6 Å². The first-order valence-corrected chi connectivity index (χ1v) is 6.98. The Morgan fingerprint density at radius 1 is 1.32 bits per heavy atom. The summed E-state index contributed by atoms with van der Waals surface area (Å²) in [5.41, 5.74) is -2.06. The SMILES string of the molecule is C=C(OCCCC)c1cc(F)cc(OC(C)(CF)C(F)F)c1. The number of hydrogen-bond donors (Lipinski definition) is 0. The Kier molecular flexibility index (Phi) is 6.71. The lowest BCUT2D eigenvalue weighted by molar-refractivity contribution is -0.0765. The fourth-order valence-corrected chi connectivity index (χ4v) is 1.61. The van der Waals surface area contributed by atoms with E-state index in [2.05, 4.69) is 6.58 Å². The van der Waals surface area contributed by atoms with Crippen molar-refractivity contribution in [1.29, 1.82) is 0 Å². The van der Waals surface area contributed by atoms with Gasteiger partial charge in [0.15, 0.2) is 5.60 Å². The number of unbranched alkanes of at least 4 members (excludes halogenated alkanes) is 1. The summed E-state index contributed by atoms with van der Waals surface area (Å²) in [5, 5.41) is 0. The van der Waals surface area contributed by atoms with Gasteiger partial charge < -0.3 is 9.47 Å². The van der Waals surface area contributed by atoms with Crippen LogP contribution in [0.1, 0.15) is 32.3 Å².